The first kappa shape index (κ1) is 15.3. The number of hydrogen-bond donors (Lipinski definition) is 1. The third-order valence-electron chi connectivity index (χ3n) is 3.43. The third kappa shape index (κ3) is 2.59. The molecule has 0 saturated heterocycles. The van der Waals surface area contributed by atoms with Gasteiger partial charge in [-0.15, -0.1) is 11.3 Å². The zero-order chi connectivity index (χ0) is 15.7. The second-order valence-corrected chi connectivity index (χ2v) is 6.23. The van der Waals surface area contributed by atoms with Crippen molar-refractivity contribution < 1.29 is 4.79 Å². The summed E-state index contributed by atoms with van der Waals surface area (Å²) in [6.07, 6.45) is 0.315. The Labute approximate surface area is 127 Å². The molecule has 2 N–H and O–H groups in total. The molecular weight excluding hydrogens is 286 g/mol. The SMILES string of the molecule is Cc1nn(C)c2sc(C(=O)N(CCC#N)C(C)C)c(N)c12. The molecule has 0 aromatic carbocycles. The molecule has 21 heavy (non-hydrogen) atoms. The number of anilines is 1. The van der Waals surface area contributed by atoms with Gasteiger partial charge >= 0.3 is 0 Å². The Morgan fingerprint density at radius 1 is 1.57 bits per heavy atom. The lowest BCUT2D eigenvalue weighted by Crippen LogP contribution is -2.37. The molecule has 0 fully saturated rings. The molecule has 1 amide bonds. The molecule has 2 aromatic heterocycles. The van der Waals surface area contributed by atoms with E-state index in [-0.39, 0.29) is 11.9 Å². The highest BCUT2D eigenvalue weighted by Gasteiger charge is 2.26. The summed E-state index contributed by atoms with van der Waals surface area (Å²) in [4.78, 5) is 15.8. The summed E-state index contributed by atoms with van der Waals surface area (Å²) in [7, 11) is 1.84. The summed E-state index contributed by atoms with van der Waals surface area (Å²) in [6.45, 7) is 6.17. The number of thiophene rings is 1. The number of carbonyl (C=O) groups is 1. The van der Waals surface area contributed by atoms with Gasteiger partial charge in [0.05, 0.1) is 29.3 Å². The predicted octanol–water partition coefficient (Wildman–Crippen LogP) is 2.29. The smallest absolute Gasteiger partial charge is 0.266 e. The molecule has 6 nitrogen and oxygen atoms in total. The molecule has 7 heteroatoms. The molecule has 2 heterocycles. The Morgan fingerprint density at radius 2 is 2.24 bits per heavy atom. The van der Waals surface area contributed by atoms with E-state index in [0.717, 1.165) is 15.9 Å². The molecule has 0 atom stereocenters. The van der Waals surface area contributed by atoms with E-state index in [1.54, 1.807) is 9.58 Å². The van der Waals surface area contributed by atoms with Crippen molar-refractivity contribution in [2.45, 2.75) is 33.2 Å². The van der Waals surface area contributed by atoms with Gasteiger partial charge in [0.1, 0.15) is 9.71 Å². The van der Waals surface area contributed by atoms with Gasteiger partial charge in [0, 0.05) is 19.6 Å². The molecular formula is C14H19N5OS. The summed E-state index contributed by atoms with van der Waals surface area (Å²) in [5.41, 5.74) is 7.49. The molecule has 0 radical (unpaired) electrons. The zero-order valence-corrected chi connectivity index (χ0v) is 13.5. The molecule has 0 unspecified atom stereocenters. The largest absolute Gasteiger partial charge is 0.397 e. The predicted molar refractivity (Wildman–Crippen MR) is 84.1 cm³/mol. The van der Waals surface area contributed by atoms with Crippen molar-refractivity contribution in [1.82, 2.24) is 14.7 Å². The molecule has 2 aromatic rings. The van der Waals surface area contributed by atoms with E-state index < -0.39 is 0 Å². The van der Waals surface area contributed by atoms with Crippen LogP contribution in [-0.2, 0) is 7.05 Å². The topological polar surface area (TPSA) is 87.9 Å². The number of aryl methyl sites for hydroxylation is 2. The van der Waals surface area contributed by atoms with Crippen molar-refractivity contribution in [3.63, 3.8) is 0 Å². The molecule has 0 aliphatic carbocycles. The fourth-order valence-corrected chi connectivity index (χ4v) is 3.53. The minimum absolute atomic E-state index is 0.0229. The highest BCUT2D eigenvalue weighted by molar-refractivity contribution is 7.21. The minimum atomic E-state index is -0.113. The van der Waals surface area contributed by atoms with E-state index in [1.807, 2.05) is 27.8 Å². The Balaban J connectivity index is 2.45. The van der Waals surface area contributed by atoms with E-state index in [9.17, 15) is 4.79 Å². The van der Waals surface area contributed by atoms with Crippen LogP contribution in [0.25, 0.3) is 10.2 Å². The number of nitriles is 1. The van der Waals surface area contributed by atoms with Crippen LogP contribution in [0.2, 0.25) is 0 Å². The van der Waals surface area contributed by atoms with Crippen LogP contribution < -0.4 is 5.73 Å². The molecule has 112 valence electrons. The van der Waals surface area contributed by atoms with Crippen LogP contribution >= 0.6 is 11.3 Å². The quantitative estimate of drug-likeness (QED) is 0.938. The number of carbonyl (C=O) groups excluding carboxylic acids is 1. The van der Waals surface area contributed by atoms with Crippen molar-refractivity contribution in [3.8, 4) is 6.07 Å². The Bertz CT molecular complexity index is 722. The average molecular weight is 305 g/mol. The van der Waals surface area contributed by atoms with Crippen molar-refractivity contribution >= 4 is 33.1 Å². The normalized spacial score (nSPS) is 11.0. The van der Waals surface area contributed by atoms with Crippen LogP contribution in [0.4, 0.5) is 5.69 Å². The number of nitrogen functional groups attached to an aromatic ring is 1. The van der Waals surface area contributed by atoms with Gasteiger partial charge in [-0.2, -0.15) is 10.4 Å². The summed E-state index contributed by atoms with van der Waals surface area (Å²) in [5, 5.41) is 13.9. The highest BCUT2D eigenvalue weighted by Crippen LogP contribution is 2.36. The first-order chi connectivity index (χ1) is 9.88. The van der Waals surface area contributed by atoms with Crippen LogP contribution in [0.1, 0.15) is 35.6 Å². The van der Waals surface area contributed by atoms with Crippen molar-refractivity contribution in [2.24, 2.45) is 7.05 Å². The zero-order valence-electron chi connectivity index (χ0n) is 12.7. The number of aromatic nitrogens is 2. The minimum Gasteiger partial charge on any atom is -0.397 e. The summed E-state index contributed by atoms with van der Waals surface area (Å²) >= 11 is 1.36. The maximum Gasteiger partial charge on any atom is 0.266 e. The van der Waals surface area contributed by atoms with Gasteiger partial charge in [-0.05, 0) is 20.8 Å². The van der Waals surface area contributed by atoms with Gasteiger partial charge in [-0.1, -0.05) is 0 Å². The van der Waals surface area contributed by atoms with E-state index in [0.29, 0.717) is 23.5 Å². The molecule has 0 aliphatic rings. The maximum atomic E-state index is 12.7. The lowest BCUT2D eigenvalue weighted by atomic mass is 10.2. The van der Waals surface area contributed by atoms with E-state index in [4.69, 9.17) is 11.0 Å². The Morgan fingerprint density at radius 3 is 2.76 bits per heavy atom. The second-order valence-electron chi connectivity index (χ2n) is 5.23. The average Bonchev–Trinajstić information content (AvgIpc) is 2.89. The van der Waals surface area contributed by atoms with E-state index in [1.165, 1.54) is 11.3 Å². The van der Waals surface area contributed by atoms with Gasteiger partial charge in [-0.3, -0.25) is 9.48 Å². The van der Waals surface area contributed by atoms with Crippen molar-refractivity contribution in [1.29, 1.82) is 5.26 Å². The molecule has 0 spiro atoms. The second kappa shape index (κ2) is 5.74. The lowest BCUT2D eigenvalue weighted by Gasteiger charge is -2.25. The Hall–Kier alpha value is -2.07. The van der Waals surface area contributed by atoms with Crippen LogP contribution in [0, 0.1) is 18.3 Å². The lowest BCUT2D eigenvalue weighted by molar-refractivity contribution is 0.0716. The van der Waals surface area contributed by atoms with Gasteiger partial charge in [0.2, 0.25) is 0 Å². The van der Waals surface area contributed by atoms with Gasteiger partial charge in [0.15, 0.2) is 0 Å². The van der Waals surface area contributed by atoms with E-state index in [2.05, 4.69) is 11.2 Å². The number of nitrogens with zero attached hydrogens (tertiary/aromatic N) is 4. The highest BCUT2D eigenvalue weighted by atomic mass is 32.1. The number of rotatable bonds is 4. The fraction of sp³-hybridized carbons (Fsp3) is 0.500. The first-order valence-electron chi connectivity index (χ1n) is 6.78. The van der Waals surface area contributed by atoms with Gasteiger partial charge < -0.3 is 10.6 Å². The van der Waals surface area contributed by atoms with Crippen LogP contribution in [0.3, 0.4) is 0 Å². The van der Waals surface area contributed by atoms with Crippen molar-refractivity contribution in [3.05, 3.63) is 10.6 Å². The number of amides is 1. The van der Waals surface area contributed by atoms with Crippen LogP contribution in [0.5, 0.6) is 0 Å². The maximum absolute atomic E-state index is 12.7. The third-order valence-corrected chi connectivity index (χ3v) is 4.69. The Kier molecular flexibility index (Phi) is 4.19. The molecule has 0 aliphatic heterocycles. The van der Waals surface area contributed by atoms with Gasteiger partial charge in [-0.25, -0.2) is 0 Å². The van der Waals surface area contributed by atoms with Gasteiger partial charge in [0.25, 0.3) is 5.91 Å². The number of nitrogens with two attached hydrogens (primary N) is 1. The van der Waals surface area contributed by atoms with Crippen LogP contribution in [-0.4, -0.2) is 33.2 Å². The van der Waals surface area contributed by atoms with E-state index >= 15 is 0 Å². The molecule has 2 rings (SSSR count). The number of fused-ring (bicyclic) bond motifs is 1. The standard InChI is InChI=1S/C14H19N5OS/c1-8(2)19(7-5-6-15)13(20)12-11(16)10-9(3)17-18(4)14(10)21-12/h8H,5,7,16H2,1-4H3. The van der Waals surface area contributed by atoms with Crippen LogP contribution in [0.15, 0.2) is 0 Å². The summed E-state index contributed by atoms with van der Waals surface area (Å²) in [6, 6.07) is 2.10. The monoisotopic (exact) mass is 305 g/mol. The first-order valence-corrected chi connectivity index (χ1v) is 7.59. The summed E-state index contributed by atoms with van der Waals surface area (Å²) < 4.78 is 1.75. The molecule has 0 saturated carbocycles. The fourth-order valence-electron chi connectivity index (χ4n) is 2.38. The number of hydrogen-bond acceptors (Lipinski definition) is 5. The summed E-state index contributed by atoms with van der Waals surface area (Å²) in [5.74, 6) is -0.113. The van der Waals surface area contributed by atoms with Crippen molar-refractivity contribution in [2.75, 3.05) is 12.3 Å². The molecule has 0 bridgehead atoms.